The number of rotatable bonds is 19. The van der Waals surface area contributed by atoms with Gasteiger partial charge in [-0.1, -0.05) is 15.5 Å². The molecule has 139 heavy (non-hydrogen) atoms. The maximum absolute atomic E-state index is 13.6. The Morgan fingerprint density at radius 1 is 0.475 bits per heavy atom. The van der Waals surface area contributed by atoms with Crippen LogP contribution in [-0.4, -0.2) is 322 Å². The van der Waals surface area contributed by atoms with Crippen LogP contribution >= 0.6 is 0 Å². The van der Waals surface area contributed by atoms with Crippen LogP contribution in [0.4, 0.5) is 43.2 Å². The molecule has 3 aliphatic carbocycles. The van der Waals surface area contributed by atoms with E-state index in [0.717, 1.165) is 86.1 Å². The first-order valence-electron chi connectivity index (χ1n) is 46.7. The number of aliphatic imine (C=N–C) groups is 2. The number of aromatic nitrogens is 3. The van der Waals surface area contributed by atoms with E-state index in [9.17, 15) is 69.7 Å². The van der Waals surface area contributed by atoms with E-state index >= 15 is 0 Å². The van der Waals surface area contributed by atoms with Gasteiger partial charge in [0, 0.05) is 196 Å². The Morgan fingerprint density at radius 2 is 0.784 bits per heavy atom. The molecule has 48 nitrogen and oxygen atoms in total. The molecule has 3 aromatic heterocycles. The molecule has 52 heteroatoms. The predicted octanol–water partition coefficient (Wildman–Crippen LogP) is 10.5. The van der Waals surface area contributed by atoms with Crippen LogP contribution in [0.5, 0.6) is 0 Å². The smallest absolute Gasteiger partial charge is 0.437 e. The zero-order chi connectivity index (χ0) is 100. The van der Waals surface area contributed by atoms with Gasteiger partial charge >= 0.3 is 75.5 Å². The quantitative estimate of drug-likeness (QED) is 0.0182. The molecule has 12 amide bonds. The summed E-state index contributed by atoms with van der Waals surface area (Å²) in [5.74, 6) is 1.85. The summed E-state index contributed by atoms with van der Waals surface area (Å²) < 4.78 is 123. The van der Waals surface area contributed by atoms with Gasteiger partial charge < -0.3 is 92.2 Å². The minimum absolute atomic E-state index is 0. The molecular formula is C87H135N21O27S2U2. The number of carbonyl (C=O) groups is 9. The average Bonchev–Trinajstić information content (AvgIpc) is 1.54. The van der Waals surface area contributed by atoms with Crippen molar-refractivity contribution in [3.05, 3.63) is 52.6 Å². The van der Waals surface area contributed by atoms with Crippen molar-refractivity contribution < 1.29 is 187 Å². The van der Waals surface area contributed by atoms with Gasteiger partial charge in [0.2, 0.25) is 11.9 Å². The Labute approximate surface area is 856 Å². The molecule has 6 bridgehead atoms. The number of carbonyl (C=O) groups excluding carboxylic acids is 9. The number of urea groups is 3. The van der Waals surface area contributed by atoms with Gasteiger partial charge in [0.25, 0.3) is 0 Å². The Balaban J connectivity index is 0.000000203. The van der Waals surface area contributed by atoms with Crippen molar-refractivity contribution in [3.63, 3.8) is 0 Å². The van der Waals surface area contributed by atoms with Crippen molar-refractivity contribution in [3.8, 4) is 0 Å². The monoisotopic (exact) mass is 2450 g/mol. The fourth-order valence-corrected chi connectivity index (χ4v) is 20.0. The second-order valence-corrected chi connectivity index (χ2v) is 45.5. The number of likely N-dealkylation sites (tertiary alicyclic amines) is 3. The maximum Gasteiger partial charge on any atom is 0.437 e. The number of alkyl carbamates (subject to hydrolysis) is 2. The van der Waals surface area contributed by atoms with E-state index in [1.54, 1.807) is 139 Å². The van der Waals surface area contributed by atoms with Crippen LogP contribution < -0.4 is 21.7 Å². The minimum Gasteiger partial charge on any atom is -0.444 e. The molecule has 0 radical (unpaired) electrons. The van der Waals surface area contributed by atoms with Gasteiger partial charge in [0.05, 0.1) is 36.3 Å². The van der Waals surface area contributed by atoms with E-state index in [2.05, 4.69) is 50.0 Å². The zero-order valence-electron chi connectivity index (χ0n) is 82.3. The molecule has 15 rings (SSSR count). The van der Waals surface area contributed by atoms with Crippen molar-refractivity contribution in [1.82, 2.24) is 85.8 Å². The number of fused-ring (bicyclic) bond motifs is 9. The summed E-state index contributed by atoms with van der Waals surface area (Å²) in [6.45, 7) is 36.5. The van der Waals surface area contributed by atoms with Gasteiger partial charge in [-0.25, -0.2) is 48.2 Å². The molecular weight excluding hydrogens is 2310 g/mol. The Bertz CT molecular complexity index is 5250. The molecule has 12 fully saturated rings. The molecule has 9 N–H and O–H groups in total. The van der Waals surface area contributed by atoms with Gasteiger partial charge in [-0.3, -0.25) is 30.4 Å². The first-order valence-corrected chi connectivity index (χ1v) is 49.5. The zero-order valence-corrected chi connectivity index (χ0v) is 92.3. The van der Waals surface area contributed by atoms with E-state index < -0.39 is 127 Å². The number of hydrogen-bond acceptors (Lipinski definition) is 30. The third-order valence-electron chi connectivity index (χ3n) is 26.0. The summed E-state index contributed by atoms with van der Waals surface area (Å²) in [5.41, 5.74) is 1.99. The van der Waals surface area contributed by atoms with Crippen LogP contribution in [0.25, 0.3) is 0 Å². The molecule has 9 aliphatic heterocycles. The van der Waals surface area contributed by atoms with Crippen LogP contribution in [-0.2, 0) is 77.0 Å². The Morgan fingerprint density at radius 3 is 1.10 bits per heavy atom. The number of ether oxygens (including phenoxy) is 6. The fourth-order valence-electron chi connectivity index (χ4n) is 19.2. The summed E-state index contributed by atoms with van der Waals surface area (Å²) in [7, 11) is -9.69. The maximum atomic E-state index is 13.6. The third-order valence-corrected chi connectivity index (χ3v) is 26.7. The van der Waals surface area contributed by atoms with E-state index in [1.807, 2.05) is 37.8 Å². The van der Waals surface area contributed by atoms with Crippen molar-refractivity contribution in [2.24, 2.45) is 32.0 Å². The number of hydrogen-bond donors (Lipinski definition) is 8. The topological polar surface area (TPSA) is 581 Å². The second-order valence-electron chi connectivity index (χ2n) is 43.5. The summed E-state index contributed by atoms with van der Waals surface area (Å²) in [6.07, 6.45) is 7.77. The van der Waals surface area contributed by atoms with Crippen LogP contribution in [0.3, 0.4) is 0 Å². The first kappa shape index (κ1) is 111. The van der Waals surface area contributed by atoms with Gasteiger partial charge in [-0.15, -0.1) is 18.6 Å². The van der Waals surface area contributed by atoms with Crippen LogP contribution in [0.1, 0.15) is 273 Å². The fraction of sp³-hybridized carbons (Fsp3) is 0.759. The third kappa shape index (κ3) is 29.2. The van der Waals surface area contributed by atoms with Gasteiger partial charge in [0.15, 0.2) is 5.96 Å². The standard InChI is InChI=1S/C34H53N7O12S.C34H53N7O9.C19H29N7O6S.2U/c1-31(2,3)49-27(42)35-26(36-28(43)50-32(4,5)6)38-15-10-21(11-16-38)39(30(45)51-33(7,8)9)17-12-22-18-23(37-52-22)24-19-34(13-14-34)25-20-40(24)29(44)41(25)53-54(46,47)48;1-31(2,3)47-27(42)35-26(36-28(43)48-32(4,5)6)38-15-10-21(11-16-38)39(30(45)49-33(7,8)9)17-12-22-18-23(37-50-22)24-19-34(13-14-34)25-20-40(24)29(44)41(25)46;20-17(21)24-7-2-12(3-8-24)22-6-1-13-9-14(23-31-13)15-10-19(4-5-19)16-11-25(15)18(27)26(16)32-33(28,29)30;;/h18,21,24-25H,10-17,19-20H2,1-9H3,(H,46,47,48)(H,35,36,42,43);18,21,24-25,46H,10-17,19-20H2,1-9H3,(H,35,36,42,43);9,12,15-16,22H,1-8,10-11H2,(H3,20,21)(H,28,29,30);;/t2*24-,25-;15-,16-;;/m000../s1. The number of amides is 12. The molecule has 0 unspecified atom stereocenters. The predicted molar refractivity (Wildman–Crippen MR) is 484 cm³/mol. The van der Waals surface area contributed by atoms with E-state index in [0.29, 0.717) is 138 Å². The molecule has 9 saturated heterocycles. The van der Waals surface area contributed by atoms with E-state index in [-0.39, 0.29) is 153 Å². The summed E-state index contributed by atoms with van der Waals surface area (Å²) in [6, 6.07) is 1.39. The molecule has 3 aromatic rings. The van der Waals surface area contributed by atoms with Gasteiger partial charge in [-0.05, 0) is 237 Å². The second kappa shape index (κ2) is 42.8. The van der Waals surface area contributed by atoms with E-state index in [1.165, 1.54) is 4.90 Å². The first-order chi connectivity index (χ1) is 63.6. The van der Waals surface area contributed by atoms with Crippen LogP contribution in [0.2, 0.25) is 0 Å². The summed E-state index contributed by atoms with van der Waals surface area (Å²) >= 11 is 0. The average molecular weight is 2450 g/mol. The minimum atomic E-state index is -4.90. The van der Waals surface area contributed by atoms with E-state index in [4.69, 9.17) is 57.7 Å². The van der Waals surface area contributed by atoms with Gasteiger partial charge in [0.1, 0.15) is 68.0 Å². The molecule has 6 atom stereocenters. The number of hydroxylamine groups is 6. The van der Waals surface area contributed by atoms with Gasteiger partial charge in [-0.2, -0.15) is 27.0 Å². The van der Waals surface area contributed by atoms with Crippen molar-refractivity contribution in [2.75, 3.05) is 78.5 Å². The Kier molecular flexibility index (Phi) is 34.1. The number of nitrogens with two attached hydrogens (primary N) is 1. The number of guanidine groups is 3. The molecule has 12 heterocycles. The summed E-state index contributed by atoms with van der Waals surface area (Å²) in [4.78, 5) is 138. The summed E-state index contributed by atoms with van der Waals surface area (Å²) in [5, 5.41) is 41.9. The largest absolute Gasteiger partial charge is 0.444 e. The molecule has 3 spiro atoms. The molecule has 770 valence electrons. The van der Waals surface area contributed by atoms with Crippen molar-refractivity contribution >= 4 is 93.3 Å². The van der Waals surface area contributed by atoms with Crippen molar-refractivity contribution in [1.29, 1.82) is 5.41 Å². The number of piperidine rings is 6. The van der Waals surface area contributed by atoms with Crippen LogP contribution in [0.15, 0.2) is 41.8 Å². The SMILES string of the molecule is CC(C)(C)OC(=O)N=C(NC(=O)OC(C)(C)C)N1CCC(N(CCc2cc([C@@H]3CC4(CC4)[C@@H]4CN3C(=O)N4O)no2)C(=O)OC(C)(C)C)CC1.CC(C)(C)OC(=O)N=C(NC(=O)OC(C)(C)C)N1CCC(N(CCc2cc([C@@H]3CC4(CC4)[C@@H]4CN3C(=O)N4OS(=O)(=O)O)no2)C(=O)OC(C)(C)C)CC1.N=C(N)N1CCC(NCCc2cc([C@@H]3CC4(CC4)[C@@H]4CN3C(=O)N4OS(=O)(=O)O)no2)CC1.[U].[U]. The van der Waals surface area contributed by atoms with Crippen LogP contribution in [0, 0.1) is 83.9 Å². The normalized spacial score (nSPS) is 23.0. The number of nitrogens with zero attached hydrogens (tertiary/aromatic N) is 16. The molecule has 0 aromatic carbocycles. The molecule has 12 aliphatic rings. The Hall–Kier alpha value is -8.57. The molecule has 3 saturated carbocycles. The van der Waals surface area contributed by atoms with Crippen molar-refractivity contribution in [2.45, 2.75) is 328 Å². The number of nitrogens with one attached hydrogen (secondary N) is 4.